The molecule has 0 amide bonds. The lowest BCUT2D eigenvalue weighted by molar-refractivity contribution is 0.129. The normalized spacial score (nSPS) is 30.6. The van der Waals surface area contributed by atoms with Crippen molar-refractivity contribution in [1.82, 2.24) is 10.2 Å². The fraction of sp³-hybridized carbons (Fsp3) is 1.00. The maximum Gasteiger partial charge on any atom is 0.0591 e. The van der Waals surface area contributed by atoms with E-state index >= 15 is 0 Å². The number of hydrogen-bond donors (Lipinski definition) is 1. The first kappa shape index (κ1) is 12.3. The quantitative estimate of drug-likeness (QED) is 0.697. The van der Waals surface area contributed by atoms with Crippen molar-refractivity contribution in [2.45, 2.75) is 51.1 Å². The van der Waals surface area contributed by atoms with Crippen LogP contribution in [0.1, 0.15) is 39.0 Å². The van der Waals surface area contributed by atoms with Crippen molar-refractivity contribution >= 4 is 0 Å². The first-order valence-corrected chi connectivity index (χ1v) is 6.97. The van der Waals surface area contributed by atoms with Crippen molar-refractivity contribution in [2.75, 3.05) is 32.8 Å². The highest BCUT2D eigenvalue weighted by molar-refractivity contribution is 4.93. The van der Waals surface area contributed by atoms with Gasteiger partial charge in [-0.05, 0) is 32.2 Å². The van der Waals surface area contributed by atoms with Gasteiger partial charge in [0.2, 0.25) is 0 Å². The third kappa shape index (κ3) is 3.19. The predicted molar refractivity (Wildman–Crippen MR) is 66.7 cm³/mol. The summed E-state index contributed by atoms with van der Waals surface area (Å²) < 4.78 is 5.50. The number of hydrogen-bond acceptors (Lipinski definition) is 3. The van der Waals surface area contributed by atoms with Gasteiger partial charge in [-0.15, -0.1) is 0 Å². The molecule has 16 heavy (non-hydrogen) atoms. The first-order chi connectivity index (χ1) is 7.92. The zero-order valence-corrected chi connectivity index (χ0v) is 10.6. The van der Waals surface area contributed by atoms with Gasteiger partial charge >= 0.3 is 0 Å². The second-order valence-corrected chi connectivity index (χ2v) is 5.06. The second kappa shape index (κ2) is 6.58. The molecular weight excluding hydrogens is 200 g/mol. The molecule has 2 aliphatic heterocycles. The van der Waals surface area contributed by atoms with Crippen LogP contribution in [0.25, 0.3) is 0 Å². The van der Waals surface area contributed by atoms with Crippen molar-refractivity contribution in [3.05, 3.63) is 0 Å². The molecule has 2 rings (SSSR count). The van der Waals surface area contributed by atoms with Gasteiger partial charge in [0.15, 0.2) is 0 Å². The van der Waals surface area contributed by atoms with Gasteiger partial charge in [0.25, 0.3) is 0 Å². The molecule has 0 spiro atoms. The Morgan fingerprint density at radius 3 is 3.00 bits per heavy atom. The van der Waals surface area contributed by atoms with Gasteiger partial charge in [-0.2, -0.15) is 0 Å². The molecule has 0 bridgehead atoms. The van der Waals surface area contributed by atoms with Crippen molar-refractivity contribution in [3.8, 4) is 0 Å². The Labute approximate surface area is 99.5 Å². The zero-order valence-electron chi connectivity index (χ0n) is 10.6. The van der Waals surface area contributed by atoms with Crippen LogP contribution in [0.15, 0.2) is 0 Å². The van der Waals surface area contributed by atoms with E-state index in [9.17, 15) is 0 Å². The number of nitrogens with one attached hydrogen (secondary N) is 1. The van der Waals surface area contributed by atoms with Gasteiger partial charge in [-0.3, -0.25) is 4.90 Å². The summed E-state index contributed by atoms with van der Waals surface area (Å²) in [5, 5.41) is 3.67. The van der Waals surface area contributed by atoms with E-state index in [2.05, 4.69) is 17.1 Å². The van der Waals surface area contributed by atoms with Crippen LogP contribution in [0, 0.1) is 0 Å². The summed E-state index contributed by atoms with van der Waals surface area (Å²) in [6, 6.07) is 1.55. The average Bonchev–Trinajstić information content (AvgIpc) is 2.73. The van der Waals surface area contributed by atoms with Crippen LogP contribution in [0.2, 0.25) is 0 Å². The van der Waals surface area contributed by atoms with Crippen molar-refractivity contribution in [3.63, 3.8) is 0 Å². The fourth-order valence-electron chi connectivity index (χ4n) is 3.05. The molecule has 2 fully saturated rings. The lowest BCUT2D eigenvalue weighted by Crippen LogP contribution is -2.45. The Bertz CT molecular complexity index is 198. The van der Waals surface area contributed by atoms with E-state index in [1.54, 1.807) is 0 Å². The predicted octanol–water partition coefficient (Wildman–Crippen LogP) is 1.63. The maximum absolute atomic E-state index is 5.50. The van der Waals surface area contributed by atoms with Crippen LogP contribution in [-0.4, -0.2) is 49.8 Å². The molecular formula is C13H26N2O. The molecule has 0 radical (unpaired) electrons. The molecule has 2 saturated heterocycles. The average molecular weight is 226 g/mol. The third-order valence-electron chi connectivity index (χ3n) is 3.86. The molecule has 0 saturated carbocycles. The Balaban J connectivity index is 1.62. The minimum absolute atomic E-state index is 0.727. The van der Waals surface area contributed by atoms with Gasteiger partial charge in [0, 0.05) is 31.8 Å². The number of nitrogens with zero attached hydrogens (tertiary/aromatic N) is 1. The summed E-state index contributed by atoms with van der Waals surface area (Å²) in [5.41, 5.74) is 0. The molecule has 3 heteroatoms. The molecule has 0 aliphatic carbocycles. The fourth-order valence-corrected chi connectivity index (χ4v) is 3.05. The third-order valence-corrected chi connectivity index (χ3v) is 3.86. The molecule has 0 aromatic carbocycles. The van der Waals surface area contributed by atoms with Crippen LogP contribution in [0.4, 0.5) is 0 Å². The van der Waals surface area contributed by atoms with Gasteiger partial charge in [-0.25, -0.2) is 0 Å². The lowest BCUT2D eigenvalue weighted by atomic mass is 9.99. The summed E-state index contributed by atoms with van der Waals surface area (Å²) in [5.74, 6) is 0. The highest BCUT2D eigenvalue weighted by atomic mass is 16.5. The highest BCUT2D eigenvalue weighted by Gasteiger charge is 2.34. The molecule has 3 nitrogen and oxygen atoms in total. The van der Waals surface area contributed by atoms with Crippen molar-refractivity contribution < 1.29 is 4.74 Å². The summed E-state index contributed by atoms with van der Waals surface area (Å²) in [4.78, 5) is 2.67. The number of piperidine rings is 1. The molecule has 2 atom stereocenters. The van der Waals surface area contributed by atoms with Gasteiger partial charge in [-0.1, -0.05) is 13.3 Å². The lowest BCUT2D eigenvalue weighted by Gasteiger charge is -2.32. The van der Waals surface area contributed by atoms with Gasteiger partial charge in [0.1, 0.15) is 0 Å². The molecule has 2 unspecified atom stereocenters. The number of rotatable bonds is 6. The minimum Gasteiger partial charge on any atom is -0.380 e. The van der Waals surface area contributed by atoms with Crippen LogP contribution in [-0.2, 0) is 4.74 Å². The Morgan fingerprint density at radius 2 is 2.12 bits per heavy atom. The second-order valence-electron chi connectivity index (χ2n) is 5.06. The van der Waals surface area contributed by atoms with Crippen LogP contribution in [0.3, 0.4) is 0 Å². The van der Waals surface area contributed by atoms with E-state index in [-0.39, 0.29) is 0 Å². The van der Waals surface area contributed by atoms with Crippen molar-refractivity contribution in [1.29, 1.82) is 0 Å². The Morgan fingerprint density at radius 1 is 1.19 bits per heavy atom. The summed E-state index contributed by atoms with van der Waals surface area (Å²) >= 11 is 0. The molecule has 94 valence electrons. The van der Waals surface area contributed by atoms with Gasteiger partial charge in [0.05, 0.1) is 6.61 Å². The number of fused-ring (bicyclic) bond motifs is 1. The van der Waals surface area contributed by atoms with Crippen LogP contribution < -0.4 is 5.32 Å². The molecule has 0 aromatic heterocycles. The van der Waals surface area contributed by atoms with Crippen LogP contribution in [0.5, 0.6) is 0 Å². The van der Waals surface area contributed by atoms with E-state index < -0.39 is 0 Å². The van der Waals surface area contributed by atoms with E-state index in [0.29, 0.717) is 0 Å². The molecule has 2 aliphatic rings. The minimum atomic E-state index is 0.727. The summed E-state index contributed by atoms with van der Waals surface area (Å²) in [6.07, 6.45) is 6.68. The Kier molecular flexibility index (Phi) is 5.07. The van der Waals surface area contributed by atoms with Crippen molar-refractivity contribution in [2.24, 2.45) is 0 Å². The van der Waals surface area contributed by atoms with E-state index in [1.165, 1.54) is 38.8 Å². The largest absolute Gasteiger partial charge is 0.380 e. The molecule has 1 N–H and O–H groups in total. The highest BCUT2D eigenvalue weighted by Crippen LogP contribution is 2.26. The van der Waals surface area contributed by atoms with E-state index in [4.69, 9.17) is 4.74 Å². The van der Waals surface area contributed by atoms with E-state index in [0.717, 1.165) is 38.3 Å². The molecule has 0 aromatic rings. The standard InChI is InChI=1S/C13H26N2O/c1-2-10-16-11-7-14-12-6-9-15-8-4-3-5-13(12)15/h12-14H,2-11H2,1H3. The summed E-state index contributed by atoms with van der Waals surface area (Å²) in [6.45, 7) is 7.59. The SMILES string of the molecule is CCCOCCNC1CCN2CCCCC12. The topological polar surface area (TPSA) is 24.5 Å². The summed E-state index contributed by atoms with van der Waals surface area (Å²) in [7, 11) is 0. The molecule has 2 heterocycles. The van der Waals surface area contributed by atoms with Crippen LogP contribution >= 0.6 is 0 Å². The smallest absolute Gasteiger partial charge is 0.0591 e. The van der Waals surface area contributed by atoms with Gasteiger partial charge < -0.3 is 10.1 Å². The number of ether oxygens (including phenoxy) is 1. The maximum atomic E-state index is 5.50. The Hall–Kier alpha value is -0.120. The zero-order chi connectivity index (χ0) is 11.2. The monoisotopic (exact) mass is 226 g/mol. The first-order valence-electron chi connectivity index (χ1n) is 6.97. The van der Waals surface area contributed by atoms with E-state index in [1.807, 2.05) is 0 Å².